The fourth-order valence-electron chi connectivity index (χ4n) is 8.93. The number of fused-ring (bicyclic) bond motifs is 5. The molecule has 33 heavy (non-hydrogen) atoms. The molecule has 0 amide bonds. The Labute approximate surface area is 197 Å². The van der Waals surface area contributed by atoms with Crippen LogP contribution in [0.1, 0.15) is 86.0 Å². The number of ketones is 1. The lowest BCUT2D eigenvalue weighted by atomic mass is 9.45. The molecule has 4 N–H and O–H groups in total. The predicted molar refractivity (Wildman–Crippen MR) is 123 cm³/mol. The molecule has 10 atom stereocenters. The molecule has 0 bridgehead atoms. The minimum atomic E-state index is -1.16. The standard InChI is InChI=1S/C27H42O6/c1-23(2)9-8-22(33-23)26(5,31)21-7-11-27(32)16-12-18(28)17-13-19(29)20(30)14-24(17,3)15(16)6-10-25(21,27)4/h12,15,17,19-22,29-32H,6-11,13-14H2,1-5H3/t15-,17-,19+,20-,21-,22?,24+,25+,26-,27+/m0/s1. The molecule has 5 rings (SSSR count). The number of hydrogen-bond donors (Lipinski definition) is 4. The smallest absolute Gasteiger partial charge is 0.159 e. The minimum Gasteiger partial charge on any atom is -0.390 e. The zero-order valence-corrected chi connectivity index (χ0v) is 20.8. The van der Waals surface area contributed by atoms with Gasteiger partial charge in [0.25, 0.3) is 0 Å². The quantitative estimate of drug-likeness (QED) is 0.503. The molecule has 0 aromatic rings. The molecule has 6 heteroatoms. The molecular weight excluding hydrogens is 420 g/mol. The summed E-state index contributed by atoms with van der Waals surface area (Å²) in [6, 6.07) is 0. The average molecular weight is 463 g/mol. The summed E-state index contributed by atoms with van der Waals surface area (Å²) in [5.74, 6) is -0.517. The second kappa shape index (κ2) is 7.13. The van der Waals surface area contributed by atoms with Gasteiger partial charge in [0.2, 0.25) is 0 Å². The largest absolute Gasteiger partial charge is 0.390 e. The number of carbonyl (C=O) groups excluding carboxylic acids is 1. The first-order chi connectivity index (χ1) is 15.2. The Bertz CT molecular complexity index is 878. The van der Waals surface area contributed by atoms with Gasteiger partial charge in [-0.05, 0) is 101 Å². The summed E-state index contributed by atoms with van der Waals surface area (Å²) in [7, 11) is 0. The van der Waals surface area contributed by atoms with Crippen molar-refractivity contribution >= 4 is 5.78 Å². The van der Waals surface area contributed by atoms with E-state index in [0.29, 0.717) is 19.3 Å². The van der Waals surface area contributed by atoms with Gasteiger partial charge in [-0.1, -0.05) is 13.8 Å². The van der Waals surface area contributed by atoms with Gasteiger partial charge in [-0.25, -0.2) is 0 Å². The molecule has 1 heterocycles. The monoisotopic (exact) mass is 462 g/mol. The van der Waals surface area contributed by atoms with Crippen molar-refractivity contribution in [3.05, 3.63) is 11.6 Å². The van der Waals surface area contributed by atoms with Crippen molar-refractivity contribution in [2.75, 3.05) is 0 Å². The maximum atomic E-state index is 13.3. The van der Waals surface area contributed by atoms with E-state index in [4.69, 9.17) is 4.74 Å². The van der Waals surface area contributed by atoms with E-state index >= 15 is 0 Å². The van der Waals surface area contributed by atoms with Gasteiger partial charge in [0.15, 0.2) is 5.78 Å². The van der Waals surface area contributed by atoms with Crippen LogP contribution in [0.4, 0.5) is 0 Å². The summed E-state index contributed by atoms with van der Waals surface area (Å²) in [6.45, 7) is 10.2. The third kappa shape index (κ3) is 3.13. The van der Waals surface area contributed by atoms with Crippen LogP contribution in [-0.4, -0.2) is 61.3 Å². The van der Waals surface area contributed by atoms with Gasteiger partial charge >= 0.3 is 0 Å². The van der Waals surface area contributed by atoms with Crippen molar-refractivity contribution in [2.45, 2.75) is 121 Å². The van der Waals surface area contributed by atoms with Crippen LogP contribution < -0.4 is 0 Å². The number of hydrogen-bond acceptors (Lipinski definition) is 6. The summed E-state index contributed by atoms with van der Waals surface area (Å²) < 4.78 is 6.26. The van der Waals surface area contributed by atoms with Crippen molar-refractivity contribution in [3.8, 4) is 0 Å². The lowest BCUT2D eigenvalue weighted by Crippen LogP contribution is -2.62. The van der Waals surface area contributed by atoms with Gasteiger partial charge < -0.3 is 25.2 Å². The summed E-state index contributed by atoms with van der Waals surface area (Å²) in [5, 5.41) is 44.9. The highest BCUT2D eigenvalue weighted by atomic mass is 16.5. The zero-order valence-electron chi connectivity index (χ0n) is 20.8. The normalized spacial score (nSPS) is 53.0. The fraction of sp³-hybridized carbons (Fsp3) is 0.889. The molecule has 1 aliphatic heterocycles. The summed E-state index contributed by atoms with van der Waals surface area (Å²) in [5.41, 5.74) is -2.73. The van der Waals surface area contributed by atoms with E-state index in [0.717, 1.165) is 31.3 Å². The van der Waals surface area contributed by atoms with Gasteiger partial charge in [0, 0.05) is 11.3 Å². The van der Waals surface area contributed by atoms with Crippen LogP contribution in [0.25, 0.3) is 0 Å². The highest BCUT2D eigenvalue weighted by Crippen LogP contribution is 2.69. The highest BCUT2D eigenvalue weighted by Gasteiger charge is 2.69. The van der Waals surface area contributed by atoms with Crippen LogP contribution >= 0.6 is 0 Å². The molecule has 186 valence electrons. The molecule has 1 saturated heterocycles. The van der Waals surface area contributed by atoms with Crippen LogP contribution in [-0.2, 0) is 9.53 Å². The Morgan fingerprint density at radius 1 is 1.00 bits per heavy atom. The van der Waals surface area contributed by atoms with Gasteiger partial charge in [0.1, 0.15) is 0 Å². The molecule has 4 aliphatic carbocycles. The SMILES string of the molecule is CC1(C)CCC([C@@](C)(O)[C@H]2CC[C@@]3(O)C4=CC(=O)[C@@H]5C[C@@H](O)[C@@H](O)C[C@]5(C)[C@H]4CC[C@]23C)O1. The van der Waals surface area contributed by atoms with Gasteiger partial charge in [-0.15, -0.1) is 0 Å². The van der Waals surface area contributed by atoms with Crippen molar-refractivity contribution < 1.29 is 30.0 Å². The van der Waals surface area contributed by atoms with E-state index in [9.17, 15) is 25.2 Å². The highest BCUT2D eigenvalue weighted by molar-refractivity contribution is 5.95. The second-order valence-electron chi connectivity index (χ2n) is 13.2. The Morgan fingerprint density at radius 3 is 2.33 bits per heavy atom. The van der Waals surface area contributed by atoms with Crippen LogP contribution in [0, 0.1) is 28.6 Å². The second-order valence-corrected chi connectivity index (χ2v) is 13.2. The first-order valence-electron chi connectivity index (χ1n) is 12.9. The van der Waals surface area contributed by atoms with E-state index in [1.807, 2.05) is 6.92 Å². The van der Waals surface area contributed by atoms with E-state index in [-0.39, 0.29) is 41.7 Å². The third-order valence-corrected chi connectivity index (χ3v) is 10.9. The summed E-state index contributed by atoms with van der Waals surface area (Å²) >= 11 is 0. The fourth-order valence-corrected chi connectivity index (χ4v) is 8.93. The molecule has 0 spiro atoms. The van der Waals surface area contributed by atoms with E-state index in [2.05, 4.69) is 27.7 Å². The van der Waals surface area contributed by atoms with Gasteiger partial charge in [-0.3, -0.25) is 4.79 Å². The van der Waals surface area contributed by atoms with Gasteiger partial charge in [0.05, 0.1) is 35.1 Å². The lowest BCUT2D eigenvalue weighted by Gasteiger charge is -2.60. The van der Waals surface area contributed by atoms with E-state index in [1.165, 1.54) is 0 Å². The molecule has 6 nitrogen and oxygen atoms in total. The zero-order chi connectivity index (χ0) is 24.2. The first kappa shape index (κ1) is 23.9. The number of allylic oxidation sites excluding steroid dienone is 1. The van der Waals surface area contributed by atoms with E-state index < -0.39 is 34.2 Å². The molecule has 0 radical (unpaired) electrons. The number of ether oxygens (including phenoxy) is 1. The average Bonchev–Trinajstić information content (AvgIpc) is 3.21. The maximum Gasteiger partial charge on any atom is 0.159 e. The molecule has 1 unspecified atom stereocenters. The lowest BCUT2D eigenvalue weighted by molar-refractivity contribution is -0.188. The van der Waals surface area contributed by atoms with E-state index in [1.54, 1.807) is 6.08 Å². The van der Waals surface area contributed by atoms with Crippen molar-refractivity contribution in [3.63, 3.8) is 0 Å². The number of aliphatic hydroxyl groups excluding tert-OH is 2. The van der Waals surface area contributed by atoms with Crippen molar-refractivity contribution in [1.29, 1.82) is 0 Å². The molecule has 4 fully saturated rings. The maximum absolute atomic E-state index is 13.3. The molecule has 0 aromatic carbocycles. The van der Waals surface area contributed by atoms with Crippen LogP contribution in [0.15, 0.2) is 11.6 Å². The Balaban J connectivity index is 1.51. The Morgan fingerprint density at radius 2 is 1.70 bits per heavy atom. The Kier molecular flexibility index (Phi) is 5.17. The summed E-state index contributed by atoms with van der Waals surface area (Å²) in [4.78, 5) is 13.3. The molecule has 3 saturated carbocycles. The topological polar surface area (TPSA) is 107 Å². The molecule has 0 aromatic heterocycles. The van der Waals surface area contributed by atoms with Crippen LogP contribution in [0.5, 0.6) is 0 Å². The number of carbonyl (C=O) groups is 1. The number of aliphatic hydroxyl groups is 4. The van der Waals surface area contributed by atoms with Crippen LogP contribution in [0.2, 0.25) is 0 Å². The van der Waals surface area contributed by atoms with Crippen molar-refractivity contribution in [1.82, 2.24) is 0 Å². The minimum absolute atomic E-state index is 0.00853. The number of rotatable bonds is 2. The first-order valence-corrected chi connectivity index (χ1v) is 12.9. The predicted octanol–water partition coefficient (Wildman–Crippen LogP) is 2.90. The van der Waals surface area contributed by atoms with Crippen LogP contribution in [0.3, 0.4) is 0 Å². The van der Waals surface area contributed by atoms with Crippen molar-refractivity contribution in [2.24, 2.45) is 28.6 Å². The summed E-state index contributed by atoms with van der Waals surface area (Å²) in [6.07, 6.45) is 4.77. The Hall–Kier alpha value is -0.790. The molecule has 5 aliphatic rings. The van der Waals surface area contributed by atoms with Gasteiger partial charge in [-0.2, -0.15) is 0 Å². The molecular formula is C27H42O6. The third-order valence-electron chi connectivity index (χ3n) is 10.9.